The van der Waals surface area contributed by atoms with Crippen LogP contribution in [0.3, 0.4) is 0 Å². The summed E-state index contributed by atoms with van der Waals surface area (Å²) in [4.78, 5) is 14.1. The lowest BCUT2D eigenvalue weighted by atomic mass is 9.95. The molecule has 0 aromatic heterocycles. The Morgan fingerprint density at radius 2 is 1.91 bits per heavy atom. The van der Waals surface area contributed by atoms with Crippen LogP contribution in [-0.4, -0.2) is 39.1 Å². The van der Waals surface area contributed by atoms with E-state index in [-0.39, 0.29) is 18.7 Å². The minimum absolute atomic E-state index is 0.0346. The Morgan fingerprint density at radius 1 is 1.18 bits per heavy atom. The van der Waals surface area contributed by atoms with E-state index in [1.165, 1.54) is 12.8 Å². The summed E-state index contributed by atoms with van der Waals surface area (Å²) in [5.74, 6) is 1.40. The first-order valence-electron chi connectivity index (χ1n) is 7.50. The maximum Gasteiger partial charge on any atom is 0.259 e. The number of β-lactam (4-membered cyclic amide) rings is 1. The molecule has 0 spiro atoms. The Morgan fingerprint density at radius 3 is 2.50 bits per heavy atom. The SMILES string of the molecule is COCO[C@H]1C(=O)N(c2ccc(OC)cc2)C1/C=C/C1CC1. The second kappa shape index (κ2) is 6.50. The molecule has 5 heteroatoms. The summed E-state index contributed by atoms with van der Waals surface area (Å²) in [5, 5.41) is 0. The van der Waals surface area contributed by atoms with Crippen molar-refractivity contribution < 1.29 is 19.0 Å². The van der Waals surface area contributed by atoms with Crippen molar-refractivity contribution in [1.29, 1.82) is 0 Å². The number of ether oxygens (including phenoxy) is 3. The number of hydrogen-bond donors (Lipinski definition) is 0. The standard InChI is InChI=1S/C17H21NO4/c1-20-11-22-16-15(10-5-12-3-4-12)18(17(16)19)13-6-8-14(21-2)9-7-13/h5-10,12,15-16H,3-4,11H2,1-2H3/b10-5+/t15?,16-/m1/s1. The summed E-state index contributed by atoms with van der Waals surface area (Å²) >= 11 is 0. The zero-order chi connectivity index (χ0) is 15.5. The quantitative estimate of drug-likeness (QED) is 0.441. The average molecular weight is 303 g/mol. The minimum atomic E-state index is -0.461. The van der Waals surface area contributed by atoms with Crippen molar-refractivity contribution in [3.63, 3.8) is 0 Å². The molecule has 5 nitrogen and oxygen atoms in total. The number of methoxy groups -OCH3 is 2. The highest BCUT2D eigenvalue weighted by molar-refractivity contribution is 6.05. The van der Waals surface area contributed by atoms with Gasteiger partial charge in [0.1, 0.15) is 12.5 Å². The van der Waals surface area contributed by atoms with E-state index in [0.29, 0.717) is 5.92 Å². The van der Waals surface area contributed by atoms with Gasteiger partial charge >= 0.3 is 0 Å². The third-order valence-electron chi connectivity index (χ3n) is 4.01. The zero-order valence-corrected chi connectivity index (χ0v) is 12.9. The Bertz CT molecular complexity index is 550. The fraction of sp³-hybridized carbons (Fsp3) is 0.471. The van der Waals surface area contributed by atoms with Gasteiger partial charge in [0.15, 0.2) is 6.10 Å². The molecule has 0 radical (unpaired) electrons. The van der Waals surface area contributed by atoms with Crippen LogP contribution in [0.2, 0.25) is 0 Å². The number of nitrogens with zero attached hydrogens (tertiary/aromatic N) is 1. The van der Waals surface area contributed by atoms with Crippen LogP contribution in [0.15, 0.2) is 36.4 Å². The van der Waals surface area contributed by atoms with Gasteiger partial charge in [0.2, 0.25) is 0 Å². The maximum atomic E-state index is 12.4. The molecule has 22 heavy (non-hydrogen) atoms. The largest absolute Gasteiger partial charge is 0.497 e. The van der Waals surface area contributed by atoms with E-state index >= 15 is 0 Å². The van der Waals surface area contributed by atoms with Gasteiger partial charge in [0.25, 0.3) is 5.91 Å². The molecule has 2 fully saturated rings. The summed E-state index contributed by atoms with van der Waals surface area (Å²) in [7, 11) is 3.18. The molecule has 2 aliphatic rings. The van der Waals surface area contributed by atoms with Gasteiger partial charge in [-0.3, -0.25) is 4.79 Å². The van der Waals surface area contributed by atoms with Crippen LogP contribution in [-0.2, 0) is 14.3 Å². The van der Waals surface area contributed by atoms with Crippen molar-refractivity contribution in [2.24, 2.45) is 5.92 Å². The number of allylic oxidation sites excluding steroid dienone is 1. The summed E-state index contributed by atoms with van der Waals surface area (Å²) in [6.07, 6.45) is 6.30. The lowest BCUT2D eigenvalue weighted by Gasteiger charge is -2.45. The van der Waals surface area contributed by atoms with Crippen LogP contribution in [0.4, 0.5) is 5.69 Å². The second-order valence-electron chi connectivity index (χ2n) is 5.61. The predicted molar refractivity (Wildman–Crippen MR) is 82.9 cm³/mol. The first kappa shape index (κ1) is 15.1. The van der Waals surface area contributed by atoms with Crippen LogP contribution in [0.25, 0.3) is 0 Å². The smallest absolute Gasteiger partial charge is 0.259 e. The molecule has 1 saturated carbocycles. The number of benzene rings is 1. The molecule has 0 bridgehead atoms. The van der Waals surface area contributed by atoms with E-state index in [9.17, 15) is 4.79 Å². The molecular weight excluding hydrogens is 282 g/mol. The highest BCUT2D eigenvalue weighted by Crippen LogP contribution is 2.35. The van der Waals surface area contributed by atoms with Crippen molar-refractivity contribution >= 4 is 11.6 Å². The molecule has 1 aromatic rings. The first-order chi connectivity index (χ1) is 10.7. The predicted octanol–water partition coefficient (Wildman–Crippen LogP) is 2.37. The highest BCUT2D eigenvalue weighted by Gasteiger charge is 2.47. The number of amides is 1. The number of carbonyl (C=O) groups is 1. The van der Waals surface area contributed by atoms with Gasteiger partial charge in [-0.15, -0.1) is 0 Å². The average Bonchev–Trinajstić information content (AvgIpc) is 3.36. The Labute approximate surface area is 130 Å². The molecule has 118 valence electrons. The molecule has 1 aliphatic heterocycles. The monoisotopic (exact) mass is 303 g/mol. The fourth-order valence-electron chi connectivity index (χ4n) is 2.58. The van der Waals surface area contributed by atoms with E-state index in [2.05, 4.69) is 12.2 Å². The van der Waals surface area contributed by atoms with Gasteiger partial charge in [-0.25, -0.2) is 0 Å². The Balaban J connectivity index is 1.76. The van der Waals surface area contributed by atoms with Crippen LogP contribution in [0.5, 0.6) is 5.75 Å². The topological polar surface area (TPSA) is 48.0 Å². The van der Waals surface area contributed by atoms with Crippen LogP contribution in [0, 0.1) is 5.92 Å². The van der Waals surface area contributed by atoms with Crippen LogP contribution >= 0.6 is 0 Å². The van der Waals surface area contributed by atoms with Crippen molar-refractivity contribution in [2.75, 3.05) is 25.9 Å². The number of rotatable bonds is 7. The lowest BCUT2D eigenvalue weighted by molar-refractivity contribution is -0.151. The third kappa shape index (κ3) is 3.00. The molecule has 1 amide bonds. The molecule has 0 N–H and O–H groups in total. The van der Waals surface area contributed by atoms with Gasteiger partial charge in [-0.05, 0) is 43.0 Å². The van der Waals surface area contributed by atoms with E-state index in [1.54, 1.807) is 19.1 Å². The lowest BCUT2D eigenvalue weighted by Crippen LogP contribution is -2.65. The number of anilines is 1. The van der Waals surface area contributed by atoms with Crippen molar-refractivity contribution in [3.8, 4) is 5.75 Å². The molecule has 1 unspecified atom stereocenters. The fourth-order valence-corrected chi connectivity index (χ4v) is 2.58. The first-order valence-corrected chi connectivity index (χ1v) is 7.50. The van der Waals surface area contributed by atoms with Crippen LogP contribution < -0.4 is 9.64 Å². The highest BCUT2D eigenvalue weighted by atomic mass is 16.7. The molecule has 1 aromatic carbocycles. The molecule has 1 aliphatic carbocycles. The van der Waals surface area contributed by atoms with Gasteiger partial charge in [-0.1, -0.05) is 12.2 Å². The van der Waals surface area contributed by atoms with Crippen LogP contribution in [0.1, 0.15) is 12.8 Å². The second-order valence-corrected chi connectivity index (χ2v) is 5.61. The summed E-state index contributed by atoms with van der Waals surface area (Å²) < 4.78 is 15.6. The van der Waals surface area contributed by atoms with Gasteiger partial charge < -0.3 is 19.1 Å². The minimum Gasteiger partial charge on any atom is -0.497 e. The van der Waals surface area contributed by atoms with Crippen molar-refractivity contribution in [1.82, 2.24) is 0 Å². The van der Waals surface area contributed by atoms with E-state index in [0.717, 1.165) is 11.4 Å². The van der Waals surface area contributed by atoms with E-state index in [4.69, 9.17) is 14.2 Å². The Kier molecular flexibility index (Phi) is 4.45. The maximum absolute atomic E-state index is 12.4. The summed E-state index contributed by atoms with van der Waals surface area (Å²) in [6, 6.07) is 7.42. The zero-order valence-electron chi connectivity index (χ0n) is 12.9. The summed E-state index contributed by atoms with van der Waals surface area (Å²) in [5.41, 5.74) is 0.855. The molecule has 1 heterocycles. The van der Waals surface area contributed by atoms with Gasteiger partial charge in [0.05, 0.1) is 13.2 Å². The molecular formula is C17H21NO4. The number of hydrogen-bond acceptors (Lipinski definition) is 4. The van der Waals surface area contributed by atoms with Gasteiger partial charge in [0, 0.05) is 12.8 Å². The molecule has 3 rings (SSSR count). The Hall–Kier alpha value is -1.85. The van der Waals surface area contributed by atoms with Gasteiger partial charge in [-0.2, -0.15) is 0 Å². The third-order valence-corrected chi connectivity index (χ3v) is 4.01. The molecule has 2 atom stereocenters. The normalized spacial score (nSPS) is 24.6. The number of carbonyl (C=O) groups excluding carboxylic acids is 1. The summed E-state index contributed by atoms with van der Waals surface area (Å²) in [6.45, 7) is 0.126. The molecule has 1 saturated heterocycles. The van der Waals surface area contributed by atoms with Crippen molar-refractivity contribution in [3.05, 3.63) is 36.4 Å². The van der Waals surface area contributed by atoms with E-state index in [1.807, 2.05) is 24.3 Å². The van der Waals surface area contributed by atoms with E-state index < -0.39 is 6.10 Å². The van der Waals surface area contributed by atoms with Crippen molar-refractivity contribution in [2.45, 2.75) is 25.0 Å².